The van der Waals surface area contributed by atoms with E-state index in [9.17, 15) is 13.2 Å². The van der Waals surface area contributed by atoms with Crippen LogP contribution in [-0.2, 0) is 34.3 Å². The van der Waals surface area contributed by atoms with E-state index < -0.39 is 16.1 Å². The first-order valence-electron chi connectivity index (χ1n) is 12.1. The minimum absolute atomic E-state index is 0.210. The van der Waals surface area contributed by atoms with Gasteiger partial charge in [-0.05, 0) is 51.5 Å². The third-order valence-electron chi connectivity index (χ3n) is 6.11. The minimum atomic E-state index is -3.52. The topological polar surface area (TPSA) is 108 Å². The quantitative estimate of drug-likeness (QED) is 0.392. The molecule has 0 radical (unpaired) electrons. The number of ether oxygens (including phenoxy) is 1. The molecule has 3 aromatic rings. The summed E-state index contributed by atoms with van der Waals surface area (Å²) in [5.41, 5.74) is 4.17. The average Bonchev–Trinajstić information content (AvgIpc) is 3.30. The van der Waals surface area contributed by atoms with Gasteiger partial charge in [-0.2, -0.15) is 4.31 Å². The molecule has 11 heteroatoms. The standard InChI is InChI=1S/C26H32BrN5O4S/c1-18(2)16-36-26(33)30-24-11-25-20(10-23(24)27)13-32(37(3,34)35)22(9-19-7-5-4-6-8-19)15-31(25)14-21-12-28-17-29-21/h4-8,10-12,17-18,22H,9,13-16H2,1-3H3,(H,28,29)(H,30,33). The van der Waals surface area contributed by atoms with Gasteiger partial charge in [0.15, 0.2) is 0 Å². The number of anilines is 2. The van der Waals surface area contributed by atoms with Crippen LogP contribution in [0, 0.1) is 5.92 Å². The molecule has 2 aromatic carbocycles. The molecule has 0 bridgehead atoms. The van der Waals surface area contributed by atoms with Crippen molar-refractivity contribution in [1.82, 2.24) is 14.3 Å². The number of hydrogen-bond donors (Lipinski definition) is 2. The van der Waals surface area contributed by atoms with E-state index >= 15 is 0 Å². The lowest BCUT2D eigenvalue weighted by atomic mass is 10.1. The number of nitrogens with one attached hydrogen (secondary N) is 2. The molecule has 1 aliphatic heterocycles. The predicted molar refractivity (Wildman–Crippen MR) is 148 cm³/mol. The Morgan fingerprint density at radius 2 is 2.03 bits per heavy atom. The highest BCUT2D eigenvalue weighted by Gasteiger charge is 2.34. The van der Waals surface area contributed by atoms with Crippen molar-refractivity contribution in [3.8, 4) is 0 Å². The molecule has 9 nitrogen and oxygen atoms in total. The van der Waals surface area contributed by atoms with Crippen LogP contribution in [0.2, 0.25) is 0 Å². The van der Waals surface area contributed by atoms with Crippen molar-refractivity contribution in [2.45, 2.75) is 39.4 Å². The van der Waals surface area contributed by atoms with Crippen LogP contribution in [0.4, 0.5) is 16.2 Å². The molecule has 1 unspecified atom stereocenters. The van der Waals surface area contributed by atoms with Crippen molar-refractivity contribution in [2.24, 2.45) is 5.92 Å². The summed E-state index contributed by atoms with van der Waals surface area (Å²) >= 11 is 3.56. The molecule has 2 heterocycles. The van der Waals surface area contributed by atoms with Crippen LogP contribution < -0.4 is 10.2 Å². The fourth-order valence-electron chi connectivity index (χ4n) is 4.42. The molecule has 0 spiro atoms. The van der Waals surface area contributed by atoms with E-state index in [0.717, 1.165) is 22.5 Å². The maximum Gasteiger partial charge on any atom is 0.411 e. The van der Waals surface area contributed by atoms with Crippen LogP contribution in [0.5, 0.6) is 0 Å². The third kappa shape index (κ3) is 7.12. The first kappa shape index (κ1) is 27.2. The number of benzene rings is 2. The van der Waals surface area contributed by atoms with Gasteiger partial charge < -0.3 is 14.6 Å². The molecule has 0 saturated carbocycles. The van der Waals surface area contributed by atoms with Gasteiger partial charge in [0.1, 0.15) is 0 Å². The molecule has 0 fully saturated rings. The highest BCUT2D eigenvalue weighted by Crippen LogP contribution is 2.37. The first-order chi connectivity index (χ1) is 17.6. The van der Waals surface area contributed by atoms with Gasteiger partial charge in [-0.1, -0.05) is 44.2 Å². The molecule has 1 aliphatic rings. The highest BCUT2D eigenvalue weighted by atomic mass is 79.9. The Morgan fingerprint density at radius 1 is 1.27 bits per heavy atom. The third-order valence-corrected chi connectivity index (χ3v) is 8.05. The molecule has 1 atom stereocenters. The van der Waals surface area contributed by atoms with Gasteiger partial charge in [0.25, 0.3) is 0 Å². The number of nitrogens with zero attached hydrogens (tertiary/aromatic N) is 3. The second kappa shape index (κ2) is 11.7. The zero-order valence-electron chi connectivity index (χ0n) is 21.1. The molecule has 1 amide bonds. The van der Waals surface area contributed by atoms with Crippen molar-refractivity contribution in [2.75, 3.05) is 29.6 Å². The largest absolute Gasteiger partial charge is 0.449 e. The second-order valence-corrected chi connectivity index (χ2v) is 12.5. The van der Waals surface area contributed by atoms with E-state index in [1.54, 1.807) is 16.8 Å². The van der Waals surface area contributed by atoms with Gasteiger partial charge in [-0.3, -0.25) is 5.32 Å². The van der Waals surface area contributed by atoms with Crippen LogP contribution in [0.3, 0.4) is 0 Å². The molecular weight excluding hydrogens is 558 g/mol. The molecule has 2 N–H and O–H groups in total. The number of imidazole rings is 1. The number of sulfonamides is 1. The molecule has 1 aromatic heterocycles. The number of aromatic amines is 1. The van der Waals surface area contributed by atoms with Crippen LogP contribution in [0.25, 0.3) is 0 Å². The Bertz CT molecular complexity index is 1320. The molecule has 4 rings (SSSR count). The molecule has 198 valence electrons. The highest BCUT2D eigenvalue weighted by molar-refractivity contribution is 9.10. The smallest absolute Gasteiger partial charge is 0.411 e. The fourth-order valence-corrected chi connectivity index (χ4v) is 5.96. The van der Waals surface area contributed by atoms with Crippen molar-refractivity contribution in [1.29, 1.82) is 0 Å². The lowest BCUT2D eigenvalue weighted by Crippen LogP contribution is -2.45. The number of halogens is 1. The van der Waals surface area contributed by atoms with Gasteiger partial charge in [0.2, 0.25) is 10.0 Å². The SMILES string of the molecule is CC(C)COC(=O)Nc1cc2c(cc1Br)CN(S(C)(=O)=O)C(Cc1ccccc1)CN2Cc1cnc[nH]1. The van der Waals surface area contributed by atoms with Gasteiger partial charge in [-0.15, -0.1) is 0 Å². The van der Waals surface area contributed by atoms with E-state index in [-0.39, 0.29) is 18.5 Å². The zero-order valence-corrected chi connectivity index (χ0v) is 23.5. The Hall–Kier alpha value is -2.89. The number of H-pyrrole nitrogens is 1. The summed E-state index contributed by atoms with van der Waals surface area (Å²) in [5.74, 6) is 0.217. The zero-order chi connectivity index (χ0) is 26.6. The maximum absolute atomic E-state index is 13.0. The van der Waals surface area contributed by atoms with Crippen LogP contribution in [0.1, 0.15) is 30.7 Å². The lowest BCUT2D eigenvalue weighted by Gasteiger charge is -2.31. The summed E-state index contributed by atoms with van der Waals surface area (Å²) in [7, 11) is -3.52. The average molecular weight is 591 g/mol. The summed E-state index contributed by atoms with van der Waals surface area (Å²) in [6, 6.07) is 13.3. The van der Waals surface area contributed by atoms with Crippen molar-refractivity contribution in [3.63, 3.8) is 0 Å². The first-order valence-corrected chi connectivity index (χ1v) is 14.7. The van der Waals surface area contributed by atoms with E-state index in [1.807, 2.05) is 56.3 Å². The van der Waals surface area contributed by atoms with Gasteiger partial charge in [-0.25, -0.2) is 18.2 Å². The second-order valence-electron chi connectivity index (χ2n) is 9.69. The number of aromatic nitrogens is 2. The molecular formula is C26H32BrN5O4S. The lowest BCUT2D eigenvalue weighted by molar-refractivity contribution is 0.147. The normalized spacial score (nSPS) is 16.4. The van der Waals surface area contributed by atoms with Crippen molar-refractivity contribution in [3.05, 3.63) is 76.3 Å². The molecule has 37 heavy (non-hydrogen) atoms. The van der Waals surface area contributed by atoms with Gasteiger partial charge in [0, 0.05) is 35.5 Å². The van der Waals surface area contributed by atoms with Crippen molar-refractivity contribution < 1.29 is 17.9 Å². The summed E-state index contributed by atoms with van der Waals surface area (Å²) in [5, 5.41) is 2.82. The number of carbonyl (C=O) groups excluding carboxylic acids is 1. The van der Waals surface area contributed by atoms with E-state index in [4.69, 9.17) is 4.74 Å². The Kier molecular flexibility index (Phi) is 8.56. The predicted octanol–water partition coefficient (Wildman–Crippen LogP) is 4.77. The Balaban J connectivity index is 1.73. The summed E-state index contributed by atoms with van der Waals surface area (Å²) in [4.78, 5) is 21.8. The number of carbonyl (C=O) groups is 1. The van der Waals surface area contributed by atoms with E-state index in [2.05, 4.69) is 36.1 Å². The monoisotopic (exact) mass is 589 g/mol. The number of fused-ring (bicyclic) bond motifs is 1. The Morgan fingerprint density at radius 3 is 2.68 bits per heavy atom. The van der Waals surface area contributed by atoms with Crippen molar-refractivity contribution >= 4 is 43.4 Å². The van der Waals surface area contributed by atoms with Crippen LogP contribution >= 0.6 is 15.9 Å². The summed E-state index contributed by atoms with van der Waals surface area (Å²) in [6.07, 6.45) is 4.66. The summed E-state index contributed by atoms with van der Waals surface area (Å²) in [6.45, 7) is 5.41. The van der Waals surface area contributed by atoms with Crippen LogP contribution in [0.15, 0.2) is 59.5 Å². The maximum atomic E-state index is 13.0. The van der Waals surface area contributed by atoms with Gasteiger partial charge in [0.05, 0.1) is 37.1 Å². The fraction of sp³-hybridized carbons (Fsp3) is 0.385. The number of hydrogen-bond acceptors (Lipinski definition) is 6. The number of amides is 1. The molecule has 0 saturated heterocycles. The van der Waals surface area contributed by atoms with E-state index in [1.165, 1.54) is 6.26 Å². The van der Waals surface area contributed by atoms with Crippen LogP contribution in [-0.4, -0.2) is 54.2 Å². The summed E-state index contributed by atoms with van der Waals surface area (Å²) < 4.78 is 33.5. The van der Waals surface area contributed by atoms with Gasteiger partial charge >= 0.3 is 6.09 Å². The Labute approximate surface area is 226 Å². The number of rotatable bonds is 8. The molecule has 0 aliphatic carbocycles. The van der Waals surface area contributed by atoms with E-state index in [0.29, 0.717) is 36.3 Å². The minimum Gasteiger partial charge on any atom is -0.449 e.